The van der Waals surface area contributed by atoms with Gasteiger partial charge in [-0.3, -0.25) is 4.68 Å². The van der Waals surface area contributed by atoms with Crippen LogP contribution in [0.2, 0.25) is 0 Å². The lowest BCUT2D eigenvalue weighted by atomic mass is 10.0. The number of hydrogen-bond acceptors (Lipinski definition) is 7. The van der Waals surface area contributed by atoms with Crippen LogP contribution in [0.4, 0.5) is 5.82 Å². The van der Waals surface area contributed by atoms with Crippen LogP contribution in [-0.4, -0.2) is 48.6 Å². The Morgan fingerprint density at radius 2 is 1.84 bits per heavy atom. The standard InChI is InChI=1S/C29H24N8O/c1-3-24-13-26(6-9-31-24)38-25-7-10-36(11-8-25)28-5-4-20(15-32-28)27-12-21(23-17-33-35(2)18-23)19-37-29(27)22(14-30)16-34-37/h1,4-6,9,12-13,15-19,25H,7-8,10-11H2,2H3. The number of rotatable bonds is 5. The molecule has 9 nitrogen and oxygen atoms in total. The third-order valence-corrected chi connectivity index (χ3v) is 6.78. The minimum atomic E-state index is 0.119. The van der Waals surface area contributed by atoms with Gasteiger partial charge in [-0.15, -0.1) is 6.42 Å². The zero-order valence-electron chi connectivity index (χ0n) is 20.8. The van der Waals surface area contributed by atoms with Crippen molar-refractivity contribution in [2.45, 2.75) is 18.9 Å². The minimum Gasteiger partial charge on any atom is -0.490 e. The summed E-state index contributed by atoms with van der Waals surface area (Å²) in [5.41, 5.74) is 5.61. The Labute approximate surface area is 219 Å². The lowest BCUT2D eigenvalue weighted by Crippen LogP contribution is -2.38. The summed E-state index contributed by atoms with van der Waals surface area (Å²) in [6, 6.07) is 12.1. The maximum absolute atomic E-state index is 9.68. The molecule has 6 rings (SSSR count). The summed E-state index contributed by atoms with van der Waals surface area (Å²) >= 11 is 0. The highest BCUT2D eigenvalue weighted by Gasteiger charge is 2.22. The first-order valence-corrected chi connectivity index (χ1v) is 12.3. The fourth-order valence-corrected chi connectivity index (χ4v) is 4.84. The van der Waals surface area contributed by atoms with Crippen LogP contribution in [0.5, 0.6) is 5.75 Å². The molecule has 0 aliphatic carbocycles. The largest absolute Gasteiger partial charge is 0.490 e. The normalized spacial score (nSPS) is 13.8. The van der Waals surface area contributed by atoms with Gasteiger partial charge in [0, 0.05) is 86.1 Å². The van der Waals surface area contributed by atoms with Crippen molar-refractivity contribution in [3.63, 3.8) is 0 Å². The summed E-state index contributed by atoms with van der Waals surface area (Å²) < 4.78 is 9.66. The molecule has 0 aromatic carbocycles. The summed E-state index contributed by atoms with van der Waals surface area (Å²) in [5.74, 6) is 4.22. The molecule has 1 saturated heterocycles. The van der Waals surface area contributed by atoms with Gasteiger partial charge in [-0.2, -0.15) is 15.5 Å². The van der Waals surface area contributed by atoms with Gasteiger partial charge in [0.25, 0.3) is 0 Å². The zero-order valence-corrected chi connectivity index (χ0v) is 20.8. The molecule has 5 aromatic rings. The number of nitriles is 1. The summed E-state index contributed by atoms with van der Waals surface area (Å²) in [6.07, 6.45) is 18.2. The van der Waals surface area contributed by atoms with Crippen LogP contribution in [0.15, 0.2) is 67.5 Å². The molecule has 0 unspecified atom stereocenters. The molecule has 6 heterocycles. The van der Waals surface area contributed by atoms with Gasteiger partial charge in [-0.25, -0.2) is 14.5 Å². The Bertz CT molecular complexity index is 1700. The van der Waals surface area contributed by atoms with Gasteiger partial charge in [0.15, 0.2) is 0 Å². The van der Waals surface area contributed by atoms with Crippen molar-refractivity contribution in [3.8, 4) is 46.4 Å². The molecule has 9 heteroatoms. The monoisotopic (exact) mass is 500 g/mol. The van der Waals surface area contributed by atoms with E-state index < -0.39 is 0 Å². The molecule has 1 fully saturated rings. The van der Waals surface area contributed by atoms with E-state index in [9.17, 15) is 5.26 Å². The van der Waals surface area contributed by atoms with Crippen LogP contribution >= 0.6 is 0 Å². The number of pyridine rings is 3. The molecule has 0 radical (unpaired) electrons. The summed E-state index contributed by atoms with van der Waals surface area (Å²) in [6.45, 7) is 1.68. The van der Waals surface area contributed by atoms with Gasteiger partial charge in [-0.05, 0) is 24.3 Å². The van der Waals surface area contributed by atoms with E-state index in [0.717, 1.165) is 65.3 Å². The average Bonchev–Trinajstić information content (AvgIpc) is 3.59. The molecule has 1 aliphatic heterocycles. The second-order valence-corrected chi connectivity index (χ2v) is 9.24. The molecule has 0 spiro atoms. The first kappa shape index (κ1) is 23.3. The molecule has 0 N–H and O–H groups in total. The SMILES string of the molecule is C#Cc1cc(OC2CCN(c3ccc(-c4cc(-c5cnn(C)c5)cn5ncc(C#N)c45)cn3)CC2)ccn1. The number of fused-ring (bicyclic) bond motifs is 1. The molecular weight excluding hydrogens is 476 g/mol. The number of aromatic nitrogens is 6. The van der Waals surface area contributed by atoms with Crippen molar-refractivity contribution in [3.05, 3.63) is 78.8 Å². The fourth-order valence-electron chi connectivity index (χ4n) is 4.84. The van der Waals surface area contributed by atoms with E-state index in [1.165, 1.54) is 0 Å². The van der Waals surface area contributed by atoms with Crippen LogP contribution in [0.3, 0.4) is 0 Å². The number of nitrogens with zero attached hydrogens (tertiary/aromatic N) is 8. The van der Waals surface area contributed by atoms with Gasteiger partial charge < -0.3 is 9.64 Å². The van der Waals surface area contributed by atoms with E-state index in [4.69, 9.17) is 16.1 Å². The quantitative estimate of drug-likeness (QED) is 0.335. The second-order valence-electron chi connectivity index (χ2n) is 9.24. The topological polar surface area (TPSA) is 97.2 Å². The van der Waals surface area contributed by atoms with Crippen molar-refractivity contribution < 1.29 is 4.74 Å². The van der Waals surface area contributed by atoms with Crippen molar-refractivity contribution >= 4 is 11.3 Å². The molecule has 0 atom stereocenters. The van der Waals surface area contributed by atoms with Crippen molar-refractivity contribution in [2.24, 2.45) is 7.05 Å². The predicted molar refractivity (Wildman–Crippen MR) is 143 cm³/mol. The molecular formula is C29H24N8O. The van der Waals surface area contributed by atoms with E-state index in [2.05, 4.69) is 44.2 Å². The Morgan fingerprint density at radius 3 is 2.55 bits per heavy atom. The van der Waals surface area contributed by atoms with Crippen molar-refractivity contribution in [1.82, 2.24) is 29.4 Å². The van der Waals surface area contributed by atoms with Gasteiger partial charge in [0.1, 0.15) is 29.4 Å². The highest BCUT2D eigenvalue weighted by atomic mass is 16.5. The first-order valence-electron chi connectivity index (χ1n) is 12.3. The third-order valence-electron chi connectivity index (χ3n) is 6.78. The Kier molecular flexibility index (Phi) is 5.95. The Morgan fingerprint density at radius 1 is 0.974 bits per heavy atom. The Hall–Kier alpha value is -5.15. The summed E-state index contributed by atoms with van der Waals surface area (Å²) in [5, 5.41) is 18.4. The molecule has 5 aromatic heterocycles. The van der Waals surface area contributed by atoms with E-state index in [0.29, 0.717) is 11.3 Å². The lowest BCUT2D eigenvalue weighted by molar-refractivity contribution is 0.170. The zero-order chi connectivity index (χ0) is 26.1. The maximum Gasteiger partial charge on any atom is 0.128 e. The van der Waals surface area contributed by atoms with Crippen molar-refractivity contribution in [2.75, 3.05) is 18.0 Å². The van der Waals surface area contributed by atoms with Crippen LogP contribution in [0.25, 0.3) is 27.8 Å². The van der Waals surface area contributed by atoms with Gasteiger partial charge in [-0.1, -0.05) is 5.92 Å². The number of terminal acetylenes is 1. The highest BCUT2D eigenvalue weighted by Crippen LogP contribution is 2.32. The lowest BCUT2D eigenvalue weighted by Gasteiger charge is -2.33. The highest BCUT2D eigenvalue weighted by molar-refractivity contribution is 5.87. The maximum atomic E-state index is 9.68. The third kappa shape index (κ3) is 4.42. The van der Waals surface area contributed by atoms with E-state index in [1.807, 2.05) is 44.0 Å². The first-order chi connectivity index (χ1) is 18.6. The molecule has 1 aliphatic rings. The van der Waals surface area contributed by atoms with Gasteiger partial charge >= 0.3 is 0 Å². The fraction of sp³-hybridized carbons (Fsp3) is 0.207. The van der Waals surface area contributed by atoms with Crippen LogP contribution in [-0.2, 0) is 7.05 Å². The second kappa shape index (κ2) is 9.72. The summed E-state index contributed by atoms with van der Waals surface area (Å²) in [4.78, 5) is 11.2. The minimum absolute atomic E-state index is 0.119. The summed E-state index contributed by atoms with van der Waals surface area (Å²) in [7, 11) is 1.89. The molecule has 186 valence electrons. The van der Waals surface area contributed by atoms with E-state index in [-0.39, 0.29) is 6.10 Å². The predicted octanol–water partition coefficient (Wildman–Crippen LogP) is 4.09. The molecule has 0 saturated carbocycles. The van der Waals surface area contributed by atoms with Gasteiger partial charge in [0.05, 0.1) is 23.5 Å². The number of aryl methyl sites for hydroxylation is 1. The Balaban J connectivity index is 1.22. The number of hydrogen-bond donors (Lipinski definition) is 0. The van der Waals surface area contributed by atoms with E-state index >= 15 is 0 Å². The smallest absolute Gasteiger partial charge is 0.128 e. The number of ether oxygens (including phenoxy) is 1. The van der Waals surface area contributed by atoms with Gasteiger partial charge in [0.2, 0.25) is 0 Å². The van der Waals surface area contributed by atoms with Crippen LogP contribution in [0, 0.1) is 23.7 Å². The van der Waals surface area contributed by atoms with Crippen LogP contribution < -0.4 is 9.64 Å². The van der Waals surface area contributed by atoms with Crippen LogP contribution in [0.1, 0.15) is 24.1 Å². The number of piperidine rings is 1. The molecule has 0 amide bonds. The van der Waals surface area contributed by atoms with E-state index in [1.54, 1.807) is 27.7 Å². The molecule has 38 heavy (non-hydrogen) atoms. The number of anilines is 1. The van der Waals surface area contributed by atoms with Crippen molar-refractivity contribution in [1.29, 1.82) is 5.26 Å². The molecule has 0 bridgehead atoms. The average molecular weight is 501 g/mol.